The normalized spacial score (nSPS) is 19.9. The molecule has 1 saturated heterocycles. The van der Waals surface area contributed by atoms with Gasteiger partial charge in [-0.15, -0.1) is 0 Å². The van der Waals surface area contributed by atoms with Crippen LogP contribution in [-0.4, -0.2) is 65.8 Å². The van der Waals surface area contributed by atoms with Crippen molar-refractivity contribution >= 4 is 5.91 Å². The molecule has 1 amide bonds. The van der Waals surface area contributed by atoms with E-state index < -0.39 is 11.7 Å². The smallest absolute Gasteiger partial charge is 0.253 e. The highest BCUT2D eigenvalue weighted by Crippen LogP contribution is 2.14. The van der Waals surface area contributed by atoms with E-state index in [0.717, 1.165) is 12.1 Å². The van der Waals surface area contributed by atoms with Gasteiger partial charge in [-0.25, -0.2) is 0 Å². The van der Waals surface area contributed by atoms with Crippen LogP contribution in [0.5, 0.6) is 0 Å². The van der Waals surface area contributed by atoms with Crippen molar-refractivity contribution < 1.29 is 14.6 Å². The summed E-state index contributed by atoms with van der Waals surface area (Å²) in [5.74, 6) is -0.0578. The number of rotatable bonds is 5. The standard InChI is InChI=1S/C17H26N2O3/c1-17(2,21)13-19(11-14-7-5-4-6-8-14)16(20)15-12-18(3)9-10-22-15/h4-8,15,21H,9-13H2,1-3H3. The minimum absolute atomic E-state index is 0.0578. The minimum Gasteiger partial charge on any atom is -0.389 e. The monoisotopic (exact) mass is 306 g/mol. The molecular formula is C17H26N2O3. The van der Waals surface area contributed by atoms with Crippen LogP contribution in [0.2, 0.25) is 0 Å². The van der Waals surface area contributed by atoms with Crippen molar-refractivity contribution in [3.8, 4) is 0 Å². The van der Waals surface area contributed by atoms with E-state index in [1.807, 2.05) is 37.4 Å². The molecule has 1 unspecified atom stereocenters. The topological polar surface area (TPSA) is 53.0 Å². The van der Waals surface area contributed by atoms with Crippen molar-refractivity contribution in [3.05, 3.63) is 35.9 Å². The van der Waals surface area contributed by atoms with Crippen LogP contribution in [0.3, 0.4) is 0 Å². The Morgan fingerprint density at radius 1 is 1.41 bits per heavy atom. The van der Waals surface area contributed by atoms with Crippen LogP contribution >= 0.6 is 0 Å². The summed E-state index contributed by atoms with van der Waals surface area (Å²) >= 11 is 0. The van der Waals surface area contributed by atoms with Gasteiger partial charge in [0.1, 0.15) is 6.10 Å². The highest BCUT2D eigenvalue weighted by Gasteiger charge is 2.31. The molecule has 0 aliphatic carbocycles. The van der Waals surface area contributed by atoms with Crippen molar-refractivity contribution in [1.82, 2.24) is 9.80 Å². The van der Waals surface area contributed by atoms with Gasteiger partial charge in [-0.05, 0) is 26.5 Å². The molecule has 22 heavy (non-hydrogen) atoms. The first-order chi connectivity index (χ1) is 10.3. The lowest BCUT2D eigenvalue weighted by Crippen LogP contribution is -2.52. The lowest BCUT2D eigenvalue weighted by molar-refractivity contribution is -0.152. The predicted octanol–water partition coefficient (Wildman–Crippen LogP) is 1.12. The van der Waals surface area contributed by atoms with E-state index in [1.54, 1.807) is 18.7 Å². The van der Waals surface area contributed by atoms with Gasteiger partial charge in [-0.1, -0.05) is 30.3 Å². The van der Waals surface area contributed by atoms with Gasteiger partial charge in [-0.3, -0.25) is 4.79 Å². The summed E-state index contributed by atoms with van der Waals surface area (Å²) in [5.41, 5.74) is 0.106. The lowest BCUT2D eigenvalue weighted by Gasteiger charge is -2.35. The second-order valence-electron chi connectivity index (χ2n) is 6.61. The molecule has 1 N–H and O–H groups in total. The lowest BCUT2D eigenvalue weighted by atomic mass is 10.1. The fourth-order valence-electron chi connectivity index (χ4n) is 2.61. The third kappa shape index (κ3) is 5.09. The van der Waals surface area contributed by atoms with Crippen LogP contribution in [0.4, 0.5) is 0 Å². The van der Waals surface area contributed by atoms with Gasteiger partial charge in [-0.2, -0.15) is 0 Å². The first kappa shape index (κ1) is 16.9. The molecule has 0 spiro atoms. The van der Waals surface area contributed by atoms with Crippen LogP contribution in [0.1, 0.15) is 19.4 Å². The van der Waals surface area contributed by atoms with Gasteiger partial charge >= 0.3 is 0 Å². The van der Waals surface area contributed by atoms with Gasteiger partial charge in [0.05, 0.1) is 12.2 Å². The Morgan fingerprint density at radius 3 is 2.68 bits per heavy atom. The van der Waals surface area contributed by atoms with Gasteiger partial charge in [0.2, 0.25) is 0 Å². The van der Waals surface area contributed by atoms with Crippen molar-refractivity contribution in [2.45, 2.75) is 32.1 Å². The Bertz CT molecular complexity index is 484. The maximum atomic E-state index is 12.8. The quantitative estimate of drug-likeness (QED) is 0.886. The summed E-state index contributed by atoms with van der Waals surface area (Å²) in [5, 5.41) is 10.1. The van der Waals surface area contributed by atoms with Crippen LogP contribution in [0.25, 0.3) is 0 Å². The molecule has 1 atom stereocenters. The van der Waals surface area contributed by atoms with Crippen molar-refractivity contribution in [1.29, 1.82) is 0 Å². The molecule has 0 aromatic heterocycles. The van der Waals surface area contributed by atoms with Crippen molar-refractivity contribution in [2.24, 2.45) is 0 Å². The minimum atomic E-state index is -0.939. The third-order valence-electron chi connectivity index (χ3n) is 3.65. The highest BCUT2D eigenvalue weighted by molar-refractivity contribution is 5.81. The zero-order valence-corrected chi connectivity index (χ0v) is 13.7. The zero-order valence-electron chi connectivity index (χ0n) is 13.7. The third-order valence-corrected chi connectivity index (χ3v) is 3.65. The number of hydrogen-bond donors (Lipinski definition) is 1. The Balaban J connectivity index is 2.10. The van der Waals surface area contributed by atoms with Crippen molar-refractivity contribution in [2.75, 3.05) is 33.3 Å². The maximum absolute atomic E-state index is 12.8. The van der Waals surface area contributed by atoms with Crippen LogP contribution in [-0.2, 0) is 16.1 Å². The first-order valence-electron chi connectivity index (χ1n) is 7.70. The summed E-state index contributed by atoms with van der Waals surface area (Å²) < 4.78 is 5.63. The van der Waals surface area contributed by atoms with E-state index in [2.05, 4.69) is 4.90 Å². The number of carbonyl (C=O) groups excluding carboxylic acids is 1. The number of benzene rings is 1. The number of amides is 1. The average Bonchev–Trinajstić information content (AvgIpc) is 2.45. The molecule has 1 aromatic rings. The first-order valence-corrected chi connectivity index (χ1v) is 7.70. The molecule has 1 aromatic carbocycles. The summed E-state index contributed by atoms with van der Waals surface area (Å²) in [6.07, 6.45) is -0.454. The van der Waals surface area contributed by atoms with Gasteiger partial charge in [0.25, 0.3) is 5.91 Å². The highest BCUT2D eigenvalue weighted by atomic mass is 16.5. The molecule has 0 saturated carbocycles. The van der Waals surface area contributed by atoms with E-state index in [4.69, 9.17) is 4.74 Å². The molecular weight excluding hydrogens is 280 g/mol. The second kappa shape index (κ2) is 7.22. The molecule has 0 bridgehead atoms. The number of morpholine rings is 1. The summed E-state index contributed by atoms with van der Waals surface area (Å²) in [4.78, 5) is 16.6. The molecule has 1 aliphatic heterocycles. The zero-order chi connectivity index (χ0) is 16.2. The Labute approximate surface area is 132 Å². The number of likely N-dealkylation sites (N-methyl/N-ethyl adjacent to an activating group) is 1. The van der Waals surface area contributed by atoms with E-state index in [9.17, 15) is 9.90 Å². The molecule has 1 fully saturated rings. The summed E-state index contributed by atoms with van der Waals surface area (Å²) in [6.45, 7) is 6.19. The fraction of sp³-hybridized carbons (Fsp3) is 0.588. The molecule has 5 nitrogen and oxygen atoms in total. The predicted molar refractivity (Wildman–Crippen MR) is 85.4 cm³/mol. The van der Waals surface area contributed by atoms with Crippen LogP contribution < -0.4 is 0 Å². The number of ether oxygens (including phenoxy) is 1. The molecule has 2 rings (SSSR count). The Morgan fingerprint density at radius 2 is 2.09 bits per heavy atom. The van der Waals surface area contributed by atoms with Crippen LogP contribution in [0, 0.1) is 0 Å². The summed E-state index contributed by atoms with van der Waals surface area (Å²) in [7, 11) is 1.99. The van der Waals surface area contributed by atoms with Gasteiger partial charge < -0.3 is 19.6 Å². The number of hydrogen-bond acceptors (Lipinski definition) is 4. The van der Waals surface area contributed by atoms with E-state index in [-0.39, 0.29) is 12.5 Å². The Hall–Kier alpha value is -1.43. The number of carbonyl (C=O) groups is 1. The molecule has 1 aliphatic rings. The molecule has 5 heteroatoms. The van der Waals surface area contributed by atoms with Crippen LogP contribution in [0.15, 0.2) is 30.3 Å². The number of aliphatic hydroxyl groups is 1. The largest absolute Gasteiger partial charge is 0.389 e. The van der Waals surface area contributed by atoms with Gasteiger partial charge in [0.15, 0.2) is 0 Å². The second-order valence-corrected chi connectivity index (χ2v) is 6.61. The molecule has 122 valence electrons. The number of nitrogens with zero attached hydrogens (tertiary/aromatic N) is 2. The molecule has 1 heterocycles. The maximum Gasteiger partial charge on any atom is 0.253 e. The van der Waals surface area contributed by atoms with E-state index in [0.29, 0.717) is 19.7 Å². The Kier molecular flexibility index (Phi) is 5.56. The average molecular weight is 306 g/mol. The summed E-state index contributed by atoms with van der Waals surface area (Å²) in [6, 6.07) is 9.82. The van der Waals surface area contributed by atoms with Gasteiger partial charge in [0, 0.05) is 26.2 Å². The van der Waals surface area contributed by atoms with E-state index in [1.165, 1.54) is 0 Å². The van der Waals surface area contributed by atoms with Crippen molar-refractivity contribution in [3.63, 3.8) is 0 Å². The van der Waals surface area contributed by atoms with E-state index >= 15 is 0 Å². The fourth-order valence-corrected chi connectivity index (χ4v) is 2.61. The SMILES string of the molecule is CN1CCOC(C(=O)N(Cc2ccccc2)CC(C)(C)O)C1. The molecule has 0 radical (unpaired) electrons.